The quantitative estimate of drug-likeness (QED) is 0.643. The second-order valence-corrected chi connectivity index (χ2v) is 3.87. The van der Waals surface area contributed by atoms with Crippen LogP contribution in [0.3, 0.4) is 0 Å². The first-order valence-electron chi connectivity index (χ1n) is 4.77. The SMILES string of the molecule is CC(=O)c1nc(-c2ccc(Cl)nc2)[nH]c1C. The molecule has 2 rings (SSSR count). The minimum absolute atomic E-state index is 0.0538. The fourth-order valence-electron chi connectivity index (χ4n) is 1.46. The molecule has 0 aliphatic carbocycles. The van der Waals surface area contributed by atoms with E-state index in [0.717, 1.165) is 11.3 Å². The Kier molecular flexibility index (Phi) is 2.75. The standard InChI is InChI=1S/C11H10ClN3O/c1-6-10(7(2)16)15-11(14-6)8-3-4-9(12)13-5-8/h3-5H,1-2H3,(H,14,15). The van der Waals surface area contributed by atoms with Crippen LogP contribution in [0.25, 0.3) is 11.4 Å². The van der Waals surface area contributed by atoms with Crippen molar-refractivity contribution in [3.63, 3.8) is 0 Å². The Morgan fingerprint density at radius 1 is 1.44 bits per heavy atom. The van der Waals surface area contributed by atoms with Gasteiger partial charge in [-0.25, -0.2) is 9.97 Å². The molecule has 2 aromatic rings. The van der Waals surface area contributed by atoms with Crippen molar-refractivity contribution in [3.8, 4) is 11.4 Å². The van der Waals surface area contributed by atoms with E-state index in [1.165, 1.54) is 6.92 Å². The van der Waals surface area contributed by atoms with Crippen molar-refractivity contribution in [1.82, 2.24) is 15.0 Å². The molecule has 0 unspecified atom stereocenters. The summed E-state index contributed by atoms with van der Waals surface area (Å²) < 4.78 is 0. The number of hydrogen-bond acceptors (Lipinski definition) is 3. The summed E-state index contributed by atoms with van der Waals surface area (Å²) in [5.74, 6) is 0.578. The summed E-state index contributed by atoms with van der Waals surface area (Å²) in [7, 11) is 0. The average Bonchev–Trinajstić information content (AvgIpc) is 2.61. The zero-order chi connectivity index (χ0) is 11.7. The summed E-state index contributed by atoms with van der Waals surface area (Å²) in [6, 6.07) is 3.49. The van der Waals surface area contributed by atoms with E-state index in [0.29, 0.717) is 16.7 Å². The number of imidazole rings is 1. The highest BCUT2D eigenvalue weighted by atomic mass is 35.5. The van der Waals surface area contributed by atoms with Gasteiger partial charge in [0.1, 0.15) is 16.7 Å². The minimum atomic E-state index is -0.0538. The van der Waals surface area contributed by atoms with E-state index in [4.69, 9.17) is 11.6 Å². The lowest BCUT2D eigenvalue weighted by atomic mass is 10.3. The lowest BCUT2D eigenvalue weighted by Crippen LogP contribution is -1.94. The molecule has 0 radical (unpaired) electrons. The van der Waals surface area contributed by atoms with E-state index in [1.54, 1.807) is 18.3 Å². The lowest BCUT2D eigenvalue weighted by molar-refractivity contribution is 0.101. The molecule has 5 heteroatoms. The zero-order valence-electron chi connectivity index (χ0n) is 8.91. The molecule has 16 heavy (non-hydrogen) atoms. The van der Waals surface area contributed by atoms with E-state index in [9.17, 15) is 4.79 Å². The number of carbonyl (C=O) groups is 1. The number of carbonyl (C=O) groups excluding carboxylic acids is 1. The van der Waals surface area contributed by atoms with E-state index >= 15 is 0 Å². The highest BCUT2D eigenvalue weighted by Gasteiger charge is 2.11. The van der Waals surface area contributed by atoms with Gasteiger partial charge in [-0.3, -0.25) is 4.79 Å². The van der Waals surface area contributed by atoms with Gasteiger partial charge in [0, 0.05) is 24.4 Å². The summed E-state index contributed by atoms with van der Waals surface area (Å²) in [4.78, 5) is 22.5. The summed E-state index contributed by atoms with van der Waals surface area (Å²) >= 11 is 5.69. The average molecular weight is 236 g/mol. The van der Waals surface area contributed by atoms with Gasteiger partial charge in [-0.05, 0) is 19.1 Å². The van der Waals surface area contributed by atoms with Crippen LogP contribution >= 0.6 is 11.6 Å². The molecule has 4 nitrogen and oxygen atoms in total. The number of nitrogens with one attached hydrogen (secondary N) is 1. The minimum Gasteiger partial charge on any atom is -0.341 e. The molecule has 0 atom stereocenters. The summed E-state index contributed by atoms with van der Waals surface area (Å²) in [5.41, 5.74) is 2.03. The van der Waals surface area contributed by atoms with Crippen molar-refractivity contribution in [2.45, 2.75) is 13.8 Å². The van der Waals surface area contributed by atoms with Gasteiger partial charge in [0.05, 0.1) is 0 Å². The number of nitrogens with zero attached hydrogens (tertiary/aromatic N) is 2. The molecule has 0 amide bonds. The molecule has 0 aliphatic rings. The summed E-state index contributed by atoms with van der Waals surface area (Å²) in [5, 5.41) is 0.429. The van der Waals surface area contributed by atoms with Crippen LogP contribution < -0.4 is 0 Å². The van der Waals surface area contributed by atoms with Crippen LogP contribution in [-0.4, -0.2) is 20.7 Å². The third kappa shape index (κ3) is 1.97. The molecule has 0 saturated carbocycles. The number of aromatic amines is 1. The first-order valence-corrected chi connectivity index (χ1v) is 5.15. The topological polar surface area (TPSA) is 58.6 Å². The van der Waals surface area contributed by atoms with Gasteiger partial charge in [0.25, 0.3) is 0 Å². The number of H-pyrrole nitrogens is 1. The predicted molar refractivity (Wildman–Crippen MR) is 61.6 cm³/mol. The Morgan fingerprint density at radius 3 is 2.69 bits per heavy atom. The normalized spacial score (nSPS) is 10.4. The van der Waals surface area contributed by atoms with Crippen LogP contribution in [0.2, 0.25) is 5.15 Å². The highest BCUT2D eigenvalue weighted by Crippen LogP contribution is 2.18. The maximum absolute atomic E-state index is 11.2. The van der Waals surface area contributed by atoms with Crippen LogP contribution in [0.1, 0.15) is 23.1 Å². The molecule has 82 valence electrons. The van der Waals surface area contributed by atoms with Crippen LogP contribution in [-0.2, 0) is 0 Å². The summed E-state index contributed by atoms with van der Waals surface area (Å²) in [6.07, 6.45) is 1.62. The van der Waals surface area contributed by atoms with Crippen molar-refractivity contribution in [1.29, 1.82) is 0 Å². The number of pyridine rings is 1. The molecule has 0 bridgehead atoms. The van der Waals surface area contributed by atoms with Crippen molar-refractivity contribution in [2.24, 2.45) is 0 Å². The second kappa shape index (κ2) is 4.06. The fraction of sp³-hybridized carbons (Fsp3) is 0.182. The van der Waals surface area contributed by atoms with Gasteiger partial charge >= 0.3 is 0 Å². The predicted octanol–water partition coefficient (Wildman–Crippen LogP) is 2.64. The number of Topliss-reactive ketones (excluding diaryl/α,β-unsaturated/α-hetero) is 1. The number of ketones is 1. The number of aryl methyl sites for hydroxylation is 1. The number of halogens is 1. The highest BCUT2D eigenvalue weighted by molar-refractivity contribution is 6.29. The van der Waals surface area contributed by atoms with Crippen LogP contribution in [0.5, 0.6) is 0 Å². The Bertz CT molecular complexity index is 531. The number of rotatable bonds is 2. The van der Waals surface area contributed by atoms with Gasteiger partial charge in [0.15, 0.2) is 5.78 Å². The van der Waals surface area contributed by atoms with Gasteiger partial charge in [0.2, 0.25) is 0 Å². The maximum Gasteiger partial charge on any atom is 0.179 e. The Balaban J connectivity index is 2.45. The molecule has 0 saturated heterocycles. The second-order valence-electron chi connectivity index (χ2n) is 3.48. The van der Waals surface area contributed by atoms with E-state index < -0.39 is 0 Å². The van der Waals surface area contributed by atoms with E-state index in [2.05, 4.69) is 15.0 Å². The van der Waals surface area contributed by atoms with Crippen molar-refractivity contribution in [3.05, 3.63) is 34.9 Å². The largest absolute Gasteiger partial charge is 0.341 e. The van der Waals surface area contributed by atoms with E-state index in [-0.39, 0.29) is 5.78 Å². The maximum atomic E-state index is 11.2. The van der Waals surface area contributed by atoms with E-state index in [1.807, 2.05) is 6.92 Å². The van der Waals surface area contributed by atoms with Crippen LogP contribution in [0.15, 0.2) is 18.3 Å². The van der Waals surface area contributed by atoms with Crippen LogP contribution in [0, 0.1) is 6.92 Å². The molecular weight excluding hydrogens is 226 g/mol. The number of aromatic nitrogens is 3. The van der Waals surface area contributed by atoms with Gasteiger partial charge in [-0.2, -0.15) is 0 Å². The third-order valence-corrected chi connectivity index (χ3v) is 2.44. The van der Waals surface area contributed by atoms with Gasteiger partial charge < -0.3 is 4.98 Å². The monoisotopic (exact) mass is 235 g/mol. The molecule has 1 N–H and O–H groups in total. The molecule has 0 aromatic carbocycles. The fourth-order valence-corrected chi connectivity index (χ4v) is 1.57. The lowest BCUT2D eigenvalue weighted by Gasteiger charge is -1.95. The molecule has 2 aromatic heterocycles. The number of hydrogen-bond donors (Lipinski definition) is 1. The van der Waals surface area contributed by atoms with Crippen molar-refractivity contribution < 1.29 is 4.79 Å². The third-order valence-electron chi connectivity index (χ3n) is 2.22. The first kappa shape index (κ1) is 10.8. The Labute approximate surface area is 97.7 Å². The molecule has 0 spiro atoms. The molecule has 2 heterocycles. The van der Waals surface area contributed by atoms with Crippen molar-refractivity contribution in [2.75, 3.05) is 0 Å². The molecule has 0 aliphatic heterocycles. The van der Waals surface area contributed by atoms with Gasteiger partial charge in [-0.1, -0.05) is 11.6 Å². The summed E-state index contributed by atoms with van der Waals surface area (Å²) in [6.45, 7) is 3.31. The first-order chi connectivity index (χ1) is 7.58. The zero-order valence-corrected chi connectivity index (χ0v) is 9.67. The molecular formula is C11H10ClN3O. The molecule has 0 fully saturated rings. The Hall–Kier alpha value is -1.68. The van der Waals surface area contributed by atoms with Crippen LogP contribution in [0.4, 0.5) is 0 Å². The Morgan fingerprint density at radius 2 is 2.19 bits per heavy atom. The smallest absolute Gasteiger partial charge is 0.179 e. The van der Waals surface area contributed by atoms with Gasteiger partial charge in [-0.15, -0.1) is 0 Å². The van der Waals surface area contributed by atoms with Crippen molar-refractivity contribution >= 4 is 17.4 Å².